The molecule has 1 heterocycles. The highest BCUT2D eigenvalue weighted by molar-refractivity contribution is 5.68. The number of carboxylic acid groups (broad SMARTS) is 1. The number of aliphatic carboxylic acids is 1. The van der Waals surface area contributed by atoms with E-state index >= 15 is 0 Å². The molecule has 19 heavy (non-hydrogen) atoms. The van der Waals surface area contributed by atoms with Crippen LogP contribution in [0.5, 0.6) is 0 Å². The fourth-order valence-electron chi connectivity index (χ4n) is 2.71. The number of carboxylic acids is 1. The van der Waals surface area contributed by atoms with Gasteiger partial charge < -0.3 is 15.3 Å². The quantitative estimate of drug-likeness (QED) is 0.471. The molecule has 0 aromatic carbocycles. The Labute approximate surface area is 116 Å². The molecule has 1 saturated heterocycles. The van der Waals surface area contributed by atoms with E-state index in [-0.39, 0.29) is 6.54 Å². The van der Waals surface area contributed by atoms with Crippen molar-refractivity contribution in [3.05, 3.63) is 12.7 Å². The van der Waals surface area contributed by atoms with Crippen LogP contribution in [0.1, 0.15) is 38.5 Å². The summed E-state index contributed by atoms with van der Waals surface area (Å²) in [5.41, 5.74) is 0. The Morgan fingerprint density at radius 3 is 3.00 bits per heavy atom. The Balaban J connectivity index is 2.08. The Morgan fingerprint density at radius 2 is 2.26 bits per heavy atom. The average Bonchev–Trinajstić information content (AvgIpc) is 2.39. The minimum atomic E-state index is -0.769. The molecule has 4 nitrogen and oxygen atoms in total. The van der Waals surface area contributed by atoms with Crippen molar-refractivity contribution >= 4 is 5.97 Å². The summed E-state index contributed by atoms with van der Waals surface area (Å²) in [6, 6.07) is 0. The van der Waals surface area contributed by atoms with E-state index in [0.717, 1.165) is 19.5 Å². The first-order chi connectivity index (χ1) is 9.22. The molecule has 1 atom stereocenters. The van der Waals surface area contributed by atoms with E-state index in [4.69, 9.17) is 5.11 Å². The minimum absolute atomic E-state index is 0.0814. The van der Waals surface area contributed by atoms with E-state index in [9.17, 15) is 4.79 Å². The van der Waals surface area contributed by atoms with Gasteiger partial charge in [0.25, 0.3) is 0 Å². The largest absolute Gasteiger partial charge is 0.480 e. The standard InChI is InChI=1S/C15H28N2O2/c1-2-3-4-5-6-9-17-10-7-8-14(13-17)11-16-12-15(18)19/h2,14,16H,1,3-13H2,(H,18,19). The fourth-order valence-corrected chi connectivity index (χ4v) is 2.71. The molecule has 1 rings (SSSR count). The van der Waals surface area contributed by atoms with Crippen molar-refractivity contribution in [3.63, 3.8) is 0 Å². The molecule has 1 unspecified atom stereocenters. The van der Waals surface area contributed by atoms with Crippen molar-refractivity contribution in [3.8, 4) is 0 Å². The van der Waals surface area contributed by atoms with E-state index in [2.05, 4.69) is 16.8 Å². The van der Waals surface area contributed by atoms with E-state index in [1.165, 1.54) is 45.2 Å². The van der Waals surface area contributed by atoms with E-state index in [1.54, 1.807) is 0 Å². The molecule has 1 aliphatic heterocycles. The Hall–Kier alpha value is -0.870. The lowest BCUT2D eigenvalue weighted by Gasteiger charge is -2.32. The molecule has 0 aliphatic carbocycles. The lowest BCUT2D eigenvalue weighted by molar-refractivity contribution is -0.136. The van der Waals surface area contributed by atoms with Crippen LogP contribution in [0.4, 0.5) is 0 Å². The van der Waals surface area contributed by atoms with Crippen LogP contribution in [0.15, 0.2) is 12.7 Å². The number of unbranched alkanes of at least 4 members (excludes halogenated alkanes) is 3. The first kappa shape index (κ1) is 16.2. The molecule has 0 radical (unpaired) electrons. The van der Waals surface area contributed by atoms with Crippen LogP contribution in [-0.2, 0) is 4.79 Å². The van der Waals surface area contributed by atoms with Gasteiger partial charge in [-0.25, -0.2) is 0 Å². The van der Waals surface area contributed by atoms with Crippen LogP contribution < -0.4 is 5.32 Å². The van der Waals surface area contributed by atoms with E-state index in [0.29, 0.717) is 5.92 Å². The summed E-state index contributed by atoms with van der Waals surface area (Å²) in [6.07, 6.45) is 9.38. The molecular weight excluding hydrogens is 240 g/mol. The van der Waals surface area contributed by atoms with Crippen LogP contribution in [0.2, 0.25) is 0 Å². The van der Waals surface area contributed by atoms with Gasteiger partial charge >= 0.3 is 5.97 Å². The van der Waals surface area contributed by atoms with E-state index < -0.39 is 5.97 Å². The van der Waals surface area contributed by atoms with Gasteiger partial charge in [0.15, 0.2) is 0 Å². The van der Waals surface area contributed by atoms with Gasteiger partial charge in [0.05, 0.1) is 6.54 Å². The summed E-state index contributed by atoms with van der Waals surface area (Å²) in [4.78, 5) is 13.0. The second kappa shape index (κ2) is 9.98. The van der Waals surface area contributed by atoms with Gasteiger partial charge in [0.2, 0.25) is 0 Å². The number of piperidine rings is 1. The van der Waals surface area contributed by atoms with Crippen molar-refractivity contribution in [2.24, 2.45) is 5.92 Å². The zero-order chi connectivity index (χ0) is 13.9. The molecule has 4 heteroatoms. The predicted molar refractivity (Wildman–Crippen MR) is 78.3 cm³/mol. The molecule has 1 fully saturated rings. The van der Waals surface area contributed by atoms with Crippen LogP contribution >= 0.6 is 0 Å². The molecule has 0 aromatic heterocycles. The lowest BCUT2D eigenvalue weighted by Crippen LogP contribution is -2.40. The molecule has 0 saturated carbocycles. The van der Waals surface area contributed by atoms with Crippen molar-refractivity contribution in [2.45, 2.75) is 38.5 Å². The summed E-state index contributed by atoms with van der Waals surface area (Å²) in [5.74, 6) is -0.156. The number of nitrogens with zero attached hydrogens (tertiary/aromatic N) is 1. The third kappa shape index (κ3) is 8.01. The molecular formula is C15H28N2O2. The topological polar surface area (TPSA) is 52.6 Å². The highest BCUT2D eigenvalue weighted by Gasteiger charge is 2.19. The number of hydrogen-bond acceptors (Lipinski definition) is 3. The smallest absolute Gasteiger partial charge is 0.317 e. The number of carbonyl (C=O) groups is 1. The maximum Gasteiger partial charge on any atom is 0.317 e. The molecule has 2 N–H and O–H groups in total. The first-order valence-corrected chi connectivity index (χ1v) is 7.48. The normalized spacial score (nSPS) is 20.3. The van der Waals surface area contributed by atoms with Crippen LogP contribution in [0.25, 0.3) is 0 Å². The zero-order valence-corrected chi connectivity index (χ0v) is 11.9. The zero-order valence-electron chi connectivity index (χ0n) is 11.9. The maximum absolute atomic E-state index is 10.5. The predicted octanol–water partition coefficient (Wildman–Crippen LogP) is 2.12. The van der Waals surface area contributed by atoms with Crippen molar-refractivity contribution < 1.29 is 9.90 Å². The first-order valence-electron chi connectivity index (χ1n) is 7.48. The lowest BCUT2D eigenvalue weighted by atomic mass is 9.97. The molecule has 0 spiro atoms. The Kier molecular flexibility index (Phi) is 8.50. The van der Waals surface area contributed by atoms with Gasteiger partial charge in [-0.3, -0.25) is 4.79 Å². The molecule has 0 aromatic rings. The van der Waals surface area contributed by atoms with E-state index in [1.807, 2.05) is 6.08 Å². The van der Waals surface area contributed by atoms with Crippen LogP contribution in [0, 0.1) is 5.92 Å². The van der Waals surface area contributed by atoms with Gasteiger partial charge in [-0.1, -0.05) is 12.5 Å². The monoisotopic (exact) mass is 268 g/mol. The number of likely N-dealkylation sites (tertiary alicyclic amines) is 1. The molecule has 0 bridgehead atoms. The van der Waals surface area contributed by atoms with Gasteiger partial charge in [0.1, 0.15) is 0 Å². The summed E-state index contributed by atoms with van der Waals surface area (Å²) >= 11 is 0. The van der Waals surface area contributed by atoms with Gasteiger partial charge in [0, 0.05) is 6.54 Å². The highest BCUT2D eigenvalue weighted by atomic mass is 16.4. The summed E-state index contributed by atoms with van der Waals surface area (Å²) in [5, 5.41) is 11.6. The van der Waals surface area contributed by atoms with Crippen molar-refractivity contribution in [2.75, 3.05) is 32.7 Å². The fraction of sp³-hybridized carbons (Fsp3) is 0.800. The van der Waals surface area contributed by atoms with Crippen molar-refractivity contribution in [1.82, 2.24) is 10.2 Å². The van der Waals surface area contributed by atoms with Crippen molar-refractivity contribution in [1.29, 1.82) is 0 Å². The summed E-state index contributed by atoms with van der Waals surface area (Å²) in [7, 11) is 0. The van der Waals surface area contributed by atoms with Gasteiger partial charge in [-0.2, -0.15) is 0 Å². The number of allylic oxidation sites excluding steroid dienone is 1. The number of rotatable bonds is 10. The maximum atomic E-state index is 10.5. The van der Waals surface area contributed by atoms with Gasteiger partial charge in [-0.15, -0.1) is 6.58 Å². The Morgan fingerprint density at radius 1 is 1.42 bits per heavy atom. The second-order valence-corrected chi connectivity index (χ2v) is 5.47. The van der Waals surface area contributed by atoms with Crippen LogP contribution in [-0.4, -0.2) is 48.7 Å². The Bertz CT molecular complexity index is 269. The third-order valence-electron chi connectivity index (χ3n) is 3.69. The number of hydrogen-bond donors (Lipinski definition) is 2. The summed E-state index contributed by atoms with van der Waals surface area (Å²) < 4.78 is 0. The molecule has 1 aliphatic rings. The highest BCUT2D eigenvalue weighted by Crippen LogP contribution is 2.16. The minimum Gasteiger partial charge on any atom is -0.480 e. The summed E-state index contributed by atoms with van der Waals surface area (Å²) in [6.45, 7) is 8.17. The van der Waals surface area contributed by atoms with Gasteiger partial charge in [-0.05, 0) is 57.7 Å². The molecule has 110 valence electrons. The van der Waals surface area contributed by atoms with Crippen LogP contribution in [0.3, 0.4) is 0 Å². The number of nitrogens with one attached hydrogen (secondary N) is 1. The second-order valence-electron chi connectivity index (χ2n) is 5.47. The third-order valence-corrected chi connectivity index (χ3v) is 3.69. The molecule has 0 amide bonds. The SMILES string of the molecule is C=CCCCCCN1CCCC(CNCC(=O)O)C1. The average molecular weight is 268 g/mol.